The first-order chi connectivity index (χ1) is 14.7. The summed E-state index contributed by atoms with van der Waals surface area (Å²) in [5, 5.41) is 12.2. The lowest BCUT2D eigenvalue weighted by atomic mass is 9.93. The number of nitrogens with zero attached hydrogens (tertiary/aromatic N) is 3. The molecule has 2 saturated heterocycles. The molecule has 0 spiro atoms. The van der Waals surface area contributed by atoms with E-state index in [4.69, 9.17) is 9.52 Å². The molecule has 4 rings (SSSR count). The maximum absolute atomic E-state index is 12.7. The van der Waals surface area contributed by atoms with Crippen molar-refractivity contribution >= 4 is 5.91 Å². The number of carbonyl (C=O) groups excluding carboxylic acids is 1. The number of likely N-dealkylation sites (tertiary alicyclic amines) is 2. The Labute approximate surface area is 178 Å². The number of furan rings is 1. The second-order valence-electron chi connectivity index (χ2n) is 8.41. The number of aliphatic hydroxyl groups is 1. The number of hydrogen-bond acceptors (Lipinski definition) is 6. The van der Waals surface area contributed by atoms with E-state index in [0.717, 1.165) is 69.9 Å². The van der Waals surface area contributed by atoms with Crippen LogP contribution >= 0.6 is 0 Å². The van der Waals surface area contributed by atoms with Crippen molar-refractivity contribution in [2.75, 3.05) is 26.2 Å². The highest BCUT2D eigenvalue weighted by Gasteiger charge is 2.31. The standard InChI is InChI=1S/C23H32N4O3/c28-17-22-7-6-21(30-22)16-26-12-8-20(9-13-26)27-11-3-4-18(15-27)23(29)25-14-19-5-1-2-10-24-19/h1-2,5-7,10,18,20,28H,3-4,8-9,11-17H2,(H,25,29)/t18-/m0/s1. The van der Waals surface area contributed by atoms with Crippen molar-refractivity contribution in [1.29, 1.82) is 0 Å². The molecule has 7 heteroatoms. The van der Waals surface area contributed by atoms with E-state index in [2.05, 4.69) is 20.1 Å². The second-order valence-corrected chi connectivity index (χ2v) is 8.41. The molecule has 162 valence electrons. The highest BCUT2D eigenvalue weighted by atomic mass is 16.4. The van der Waals surface area contributed by atoms with Crippen LogP contribution in [-0.4, -0.2) is 58.0 Å². The lowest BCUT2D eigenvalue weighted by Gasteiger charge is -2.41. The first-order valence-electron chi connectivity index (χ1n) is 11.0. The van der Waals surface area contributed by atoms with Crippen molar-refractivity contribution < 1.29 is 14.3 Å². The number of carbonyl (C=O) groups is 1. The number of rotatable bonds is 7. The fourth-order valence-electron chi connectivity index (χ4n) is 4.63. The van der Waals surface area contributed by atoms with Gasteiger partial charge in [-0.1, -0.05) is 6.07 Å². The predicted molar refractivity (Wildman–Crippen MR) is 113 cm³/mol. The Morgan fingerprint density at radius 3 is 2.70 bits per heavy atom. The lowest BCUT2D eigenvalue weighted by Crippen LogP contribution is -2.50. The molecule has 0 aliphatic carbocycles. The number of pyridine rings is 1. The van der Waals surface area contributed by atoms with Gasteiger partial charge in [-0.15, -0.1) is 0 Å². The minimum Gasteiger partial charge on any atom is -0.462 e. The third-order valence-electron chi connectivity index (χ3n) is 6.32. The van der Waals surface area contributed by atoms with Gasteiger partial charge in [0.15, 0.2) is 0 Å². The predicted octanol–water partition coefficient (Wildman–Crippen LogP) is 2.16. The van der Waals surface area contributed by atoms with Gasteiger partial charge >= 0.3 is 0 Å². The highest BCUT2D eigenvalue weighted by Crippen LogP contribution is 2.25. The van der Waals surface area contributed by atoms with Crippen LogP contribution in [0.5, 0.6) is 0 Å². The minimum atomic E-state index is -0.0480. The number of nitrogens with one attached hydrogen (secondary N) is 1. The molecule has 2 aromatic rings. The zero-order chi connectivity index (χ0) is 20.8. The van der Waals surface area contributed by atoms with E-state index in [1.807, 2.05) is 30.3 Å². The average molecular weight is 413 g/mol. The summed E-state index contributed by atoms with van der Waals surface area (Å²) >= 11 is 0. The minimum absolute atomic E-state index is 0.0480. The Kier molecular flexibility index (Phi) is 7.15. The van der Waals surface area contributed by atoms with Gasteiger partial charge in [-0.2, -0.15) is 0 Å². The molecule has 7 nitrogen and oxygen atoms in total. The molecular weight excluding hydrogens is 380 g/mol. The van der Waals surface area contributed by atoms with E-state index in [1.165, 1.54) is 0 Å². The Hall–Kier alpha value is -2.22. The molecule has 0 bridgehead atoms. The number of amides is 1. The molecule has 2 aliphatic rings. The van der Waals surface area contributed by atoms with Gasteiger partial charge in [0.1, 0.15) is 18.1 Å². The van der Waals surface area contributed by atoms with E-state index in [0.29, 0.717) is 18.3 Å². The summed E-state index contributed by atoms with van der Waals surface area (Å²) in [6.45, 7) is 5.27. The molecule has 0 unspecified atom stereocenters. The molecule has 30 heavy (non-hydrogen) atoms. The average Bonchev–Trinajstić information content (AvgIpc) is 3.26. The maximum Gasteiger partial charge on any atom is 0.224 e. The summed E-state index contributed by atoms with van der Waals surface area (Å²) in [4.78, 5) is 21.9. The lowest BCUT2D eigenvalue weighted by molar-refractivity contribution is -0.127. The van der Waals surface area contributed by atoms with Crippen LogP contribution in [0.15, 0.2) is 40.9 Å². The molecule has 4 heterocycles. The van der Waals surface area contributed by atoms with Gasteiger partial charge in [0.05, 0.1) is 24.7 Å². The van der Waals surface area contributed by atoms with Crippen LogP contribution in [0.3, 0.4) is 0 Å². The van der Waals surface area contributed by atoms with Gasteiger partial charge in [-0.3, -0.25) is 19.6 Å². The van der Waals surface area contributed by atoms with Gasteiger partial charge in [0.25, 0.3) is 0 Å². The van der Waals surface area contributed by atoms with Crippen molar-refractivity contribution in [3.8, 4) is 0 Å². The highest BCUT2D eigenvalue weighted by molar-refractivity contribution is 5.78. The topological polar surface area (TPSA) is 81.8 Å². The molecule has 1 atom stereocenters. The van der Waals surface area contributed by atoms with Crippen LogP contribution < -0.4 is 5.32 Å². The summed E-state index contributed by atoms with van der Waals surface area (Å²) in [6.07, 6.45) is 6.05. The van der Waals surface area contributed by atoms with Crippen LogP contribution in [0, 0.1) is 5.92 Å². The molecule has 2 aliphatic heterocycles. The van der Waals surface area contributed by atoms with Crippen LogP contribution in [0.25, 0.3) is 0 Å². The zero-order valence-corrected chi connectivity index (χ0v) is 17.5. The third-order valence-corrected chi connectivity index (χ3v) is 6.32. The van der Waals surface area contributed by atoms with E-state index in [1.54, 1.807) is 6.20 Å². The first kappa shape index (κ1) is 21.0. The normalized spacial score (nSPS) is 21.6. The van der Waals surface area contributed by atoms with E-state index in [-0.39, 0.29) is 18.4 Å². The smallest absolute Gasteiger partial charge is 0.224 e. The summed E-state index contributed by atoms with van der Waals surface area (Å²) in [7, 11) is 0. The maximum atomic E-state index is 12.7. The monoisotopic (exact) mass is 412 g/mol. The quantitative estimate of drug-likeness (QED) is 0.725. The van der Waals surface area contributed by atoms with Crippen LogP contribution in [0.1, 0.15) is 42.9 Å². The van der Waals surface area contributed by atoms with E-state index < -0.39 is 0 Å². The Morgan fingerprint density at radius 1 is 1.13 bits per heavy atom. The van der Waals surface area contributed by atoms with Crippen molar-refractivity contribution in [1.82, 2.24) is 20.1 Å². The first-order valence-corrected chi connectivity index (χ1v) is 11.0. The molecule has 0 radical (unpaired) electrons. The Morgan fingerprint density at radius 2 is 1.97 bits per heavy atom. The third kappa shape index (κ3) is 5.47. The van der Waals surface area contributed by atoms with Crippen LogP contribution in [0.2, 0.25) is 0 Å². The number of hydrogen-bond donors (Lipinski definition) is 2. The van der Waals surface area contributed by atoms with E-state index in [9.17, 15) is 4.79 Å². The summed E-state index contributed by atoms with van der Waals surface area (Å²) in [5.74, 6) is 1.77. The van der Waals surface area contributed by atoms with Gasteiger partial charge in [-0.05, 0) is 56.5 Å². The van der Waals surface area contributed by atoms with Gasteiger partial charge in [0.2, 0.25) is 5.91 Å². The van der Waals surface area contributed by atoms with Gasteiger partial charge in [-0.25, -0.2) is 0 Å². The van der Waals surface area contributed by atoms with Gasteiger partial charge in [0, 0.05) is 31.9 Å². The molecule has 2 N–H and O–H groups in total. The zero-order valence-electron chi connectivity index (χ0n) is 17.5. The van der Waals surface area contributed by atoms with Crippen LogP contribution in [-0.2, 0) is 24.5 Å². The molecule has 0 saturated carbocycles. The molecular formula is C23H32N4O3. The van der Waals surface area contributed by atoms with Crippen LogP contribution in [0.4, 0.5) is 0 Å². The fraction of sp³-hybridized carbons (Fsp3) is 0.565. The largest absolute Gasteiger partial charge is 0.462 e. The van der Waals surface area contributed by atoms with Crippen molar-refractivity contribution in [3.05, 3.63) is 53.7 Å². The van der Waals surface area contributed by atoms with E-state index >= 15 is 0 Å². The SMILES string of the molecule is O=C(NCc1ccccn1)[C@H]1CCCN(C2CCN(Cc3ccc(CO)o3)CC2)C1. The molecule has 1 amide bonds. The van der Waals surface area contributed by atoms with Crippen molar-refractivity contribution in [2.45, 2.75) is 51.4 Å². The number of aliphatic hydroxyl groups excluding tert-OH is 1. The molecule has 2 fully saturated rings. The van der Waals surface area contributed by atoms with Gasteiger partial charge < -0.3 is 14.8 Å². The number of aromatic nitrogens is 1. The summed E-state index contributed by atoms with van der Waals surface area (Å²) < 4.78 is 5.62. The molecule has 0 aromatic carbocycles. The Bertz CT molecular complexity index is 802. The second kappa shape index (κ2) is 10.2. The Balaban J connectivity index is 1.22. The van der Waals surface area contributed by atoms with Crippen molar-refractivity contribution in [3.63, 3.8) is 0 Å². The summed E-state index contributed by atoms with van der Waals surface area (Å²) in [5.41, 5.74) is 0.897. The fourth-order valence-corrected chi connectivity index (χ4v) is 4.63. The van der Waals surface area contributed by atoms with Crippen molar-refractivity contribution in [2.24, 2.45) is 5.92 Å². The molecule has 2 aromatic heterocycles. The summed E-state index contributed by atoms with van der Waals surface area (Å²) in [6, 6.07) is 10.1. The number of piperidine rings is 2.